The number of ether oxygens (including phenoxy) is 2. The van der Waals surface area contributed by atoms with Crippen LogP contribution in [0.15, 0.2) is 47.6 Å². The molecule has 0 amide bonds. The zero-order valence-corrected chi connectivity index (χ0v) is 15.9. The summed E-state index contributed by atoms with van der Waals surface area (Å²) in [6.45, 7) is 4.98. The summed E-state index contributed by atoms with van der Waals surface area (Å²) in [7, 11) is 1.74. The van der Waals surface area contributed by atoms with E-state index in [1.807, 2.05) is 13.0 Å². The van der Waals surface area contributed by atoms with Crippen molar-refractivity contribution in [2.45, 2.75) is 26.3 Å². The van der Waals surface area contributed by atoms with E-state index in [2.05, 4.69) is 20.6 Å². The van der Waals surface area contributed by atoms with Crippen molar-refractivity contribution in [3.05, 3.63) is 54.0 Å². The Hall–Kier alpha value is -2.67. The number of hydrogen-bond acceptors (Lipinski definition) is 4. The fourth-order valence-electron chi connectivity index (χ4n) is 2.31. The maximum absolute atomic E-state index is 13.2. The molecule has 2 aromatic rings. The number of guanidine groups is 1. The van der Waals surface area contributed by atoms with Crippen LogP contribution in [0.4, 0.5) is 4.39 Å². The van der Waals surface area contributed by atoms with Gasteiger partial charge in [0.2, 0.25) is 5.88 Å². The van der Waals surface area contributed by atoms with Crippen molar-refractivity contribution in [3.8, 4) is 11.6 Å². The Morgan fingerprint density at radius 2 is 2.07 bits per heavy atom. The summed E-state index contributed by atoms with van der Waals surface area (Å²) in [6.07, 6.45) is 3.76. The van der Waals surface area contributed by atoms with Crippen molar-refractivity contribution in [1.29, 1.82) is 0 Å². The summed E-state index contributed by atoms with van der Waals surface area (Å²) in [5, 5.41) is 6.51. The summed E-state index contributed by atoms with van der Waals surface area (Å²) < 4.78 is 24.0. The highest BCUT2D eigenvalue weighted by atomic mass is 19.1. The van der Waals surface area contributed by atoms with Gasteiger partial charge in [-0.2, -0.15) is 0 Å². The molecule has 2 N–H and O–H groups in total. The van der Waals surface area contributed by atoms with E-state index in [-0.39, 0.29) is 5.82 Å². The lowest BCUT2D eigenvalue weighted by Crippen LogP contribution is -2.37. The van der Waals surface area contributed by atoms with Crippen LogP contribution in [0.5, 0.6) is 11.6 Å². The lowest BCUT2D eigenvalue weighted by molar-refractivity contribution is 0.143. The zero-order valence-electron chi connectivity index (χ0n) is 15.9. The molecule has 0 atom stereocenters. The van der Waals surface area contributed by atoms with Gasteiger partial charge in [-0.3, -0.25) is 4.99 Å². The molecular weight excluding hydrogens is 347 g/mol. The number of nitrogens with one attached hydrogen (secondary N) is 2. The number of pyridine rings is 1. The van der Waals surface area contributed by atoms with Crippen LogP contribution in [0.1, 0.15) is 25.3 Å². The molecule has 0 aliphatic rings. The summed E-state index contributed by atoms with van der Waals surface area (Å²) in [5.41, 5.74) is 0.987. The first-order chi connectivity index (χ1) is 13.2. The van der Waals surface area contributed by atoms with Crippen molar-refractivity contribution in [3.63, 3.8) is 0 Å². The smallest absolute Gasteiger partial charge is 0.219 e. The quantitative estimate of drug-likeness (QED) is 0.379. The van der Waals surface area contributed by atoms with Crippen LogP contribution in [0, 0.1) is 5.82 Å². The molecule has 0 unspecified atom stereocenters. The van der Waals surface area contributed by atoms with Gasteiger partial charge in [-0.05, 0) is 37.5 Å². The number of benzene rings is 1. The van der Waals surface area contributed by atoms with E-state index in [0.29, 0.717) is 18.2 Å². The van der Waals surface area contributed by atoms with Crippen molar-refractivity contribution >= 4 is 5.96 Å². The molecule has 0 aliphatic carbocycles. The summed E-state index contributed by atoms with van der Waals surface area (Å²) in [5.74, 6) is 1.24. The molecule has 1 aromatic carbocycles. The van der Waals surface area contributed by atoms with E-state index < -0.39 is 0 Å². The van der Waals surface area contributed by atoms with Crippen molar-refractivity contribution in [1.82, 2.24) is 15.6 Å². The van der Waals surface area contributed by atoms with Crippen LogP contribution < -0.4 is 15.4 Å². The van der Waals surface area contributed by atoms with Crippen molar-refractivity contribution in [2.24, 2.45) is 4.99 Å². The van der Waals surface area contributed by atoms with Gasteiger partial charge < -0.3 is 20.1 Å². The Labute approximate surface area is 159 Å². The maximum Gasteiger partial charge on any atom is 0.219 e. The second-order valence-electron chi connectivity index (χ2n) is 5.82. The molecule has 2 rings (SSSR count). The number of unbranched alkanes of at least 4 members (excludes halogenated alkanes) is 1. The number of aliphatic imine (C=N–C) groups is 1. The lowest BCUT2D eigenvalue weighted by atomic mass is 10.3. The lowest BCUT2D eigenvalue weighted by Gasteiger charge is -2.12. The molecule has 0 radical (unpaired) electrons. The van der Waals surface area contributed by atoms with E-state index in [1.165, 1.54) is 12.1 Å². The van der Waals surface area contributed by atoms with E-state index in [1.54, 1.807) is 31.4 Å². The topological polar surface area (TPSA) is 67.8 Å². The van der Waals surface area contributed by atoms with Crippen LogP contribution in [0.2, 0.25) is 0 Å². The van der Waals surface area contributed by atoms with Gasteiger partial charge in [0.1, 0.15) is 11.6 Å². The molecule has 1 heterocycles. The van der Waals surface area contributed by atoms with E-state index >= 15 is 0 Å². The SMILES string of the molecule is CCOCCCCNC(=NC)NCc1ccc(Oc2cccc(F)c2)nc1. The molecule has 1 aromatic heterocycles. The first-order valence-corrected chi connectivity index (χ1v) is 9.12. The highest BCUT2D eigenvalue weighted by Crippen LogP contribution is 2.19. The van der Waals surface area contributed by atoms with Gasteiger partial charge in [-0.15, -0.1) is 0 Å². The monoisotopic (exact) mass is 374 g/mol. The van der Waals surface area contributed by atoms with Crippen LogP contribution >= 0.6 is 0 Å². The predicted octanol–water partition coefficient (Wildman–Crippen LogP) is 3.49. The minimum atomic E-state index is -0.343. The third kappa shape index (κ3) is 8.04. The van der Waals surface area contributed by atoms with Gasteiger partial charge in [0.25, 0.3) is 0 Å². The summed E-state index contributed by atoms with van der Waals surface area (Å²) >= 11 is 0. The van der Waals surface area contributed by atoms with Crippen molar-refractivity contribution < 1.29 is 13.9 Å². The molecule has 146 valence electrons. The molecule has 0 aliphatic heterocycles. The number of rotatable bonds is 10. The molecule has 0 bridgehead atoms. The van der Waals surface area contributed by atoms with Gasteiger partial charge in [-0.1, -0.05) is 12.1 Å². The molecule has 6 nitrogen and oxygen atoms in total. The molecule has 7 heteroatoms. The Morgan fingerprint density at radius 3 is 2.78 bits per heavy atom. The van der Waals surface area contributed by atoms with Crippen molar-refractivity contribution in [2.75, 3.05) is 26.8 Å². The second-order valence-corrected chi connectivity index (χ2v) is 5.82. The standard InChI is InChI=1S/C20H27FN4O2/c1-3-26-12-5-4-11-23-20(22-2)25-15-16-9-10-19(24-14-16)27-18-8-6-7-17(21)13-18/h6-10,13-14H,3-5,11-12,15H2,1-2H3,(H2,22,23,25). The number of hydrogen-bond donors (Lipinski definition) is 2. The van der Waals surface area contributed by atoms with E-state index in [9.17, 15) is 4.39 Å². The van der Waals surface area contributed by atoms with Crippen LogP contribution in [-0.2, 0) is 11.3 Å². The highest BCUT2D eigenvalue weighted by Gasteiger charge is 2.02. The number of nitrogens with zero attached hydrogens (tertiary/aromatic N) is 2. The third-order valence-corrected chi connectivity index (χ3v) is 3.71. The predicted molar refractivity (Wildman–Crippen MR) is 105 cm³/mol. The molecule has 0 saturated heterocycles. The summed E-state index contributed by atoms with van der Waals surface area (Å²) in [6, 6.07) is 9.63. The van der Waals surface area contributed by atoms with Crippen LogP contribution in [0.25, 0.3) is 0 Å². The first kappa shape index (κ1) is 20.6. The van der Waals surface area contributed by atoms with Gasteiger partial charge in [0.15, 0.2) is 5.96 Å². The van der Waals surface area contributed by atoms with Gasteiger partial charge in [-0.25, -0.2) is 9.37 Å². The Morgan fingerprint density at radius 1 is 1.19 bits per heavy atom. The van der Waals surface area contributed by atoms with Crippen LogP contribution in [-0.4, -0.2) is 37.7 Å². The van der Waals surface area contributed by atoms with Gasteiger partial charge >= 0.3 is 0 Å². The number of aromatic nitrogens is 1. The van der Waals surface area contributed by atoms with E-state index in [0.717, 1.165) is 44.1 Å². The Bertz CT molecular complexity index is 707. The molecular formula is C20H27FN4O2. The zero-order chi connectivity index (χ0) is 19.3. The van der Waals surface area contributed by atoms with Crippen LogP contribution in [0.3, 0.4) is 0 Å². The normalized spacial score (nSPS) is 11.3. The average Bonchev–Trinajstić information content (AvgIpc) is 2.68. The van der Waals surface area contributed by atoms with Gasteiger partial charge in [0.05, 0.1) is 0 Å². The molecule has 0 fully saturated rings. The largest absolute Gasteiger partial charge is 0.439 e. The average molecular weight is 374 g/mol. The fraction of sp³-hybridized carbons (Fsp3) is 0.400. The minimum absolute atomic E-state index is 0.343. The molecule has 27 heavy (non-hydrogen) atoms. The number of halogens is 1. The minimum Gasteiger partial charge on any atom is -0.439 e. The Balaban J connectivity index is 1.73. The van der Waals surface area contributed by atoms with Gasteiger partial charge in [0, 0.05) is 51.7 Å². The van der Waals surface area contributed by atoms with E-state index in [4.69, 9.17) is 9.47 Å². The first-order valence-electron chi connectivity index (χ1n) is 9.12. The molecule has 0 spiro atoms. The maximum atomic E-state index is 13.2. The second kappa shape index (κ2) is 11.9. The third-order valence-electron chi connectivity index (χ3n) is 3.71. The fourth-order valence-corrected chi connectivity index (χ4v) is 2.31. The summed E-state index contributed by atoms with van der Waals surface area (Å²) in [4.78, 5) is 8.45. The molecule has 0 saturated carbocycles. The highest BCUT2D eigenvalue weighted by molar-refractivity contribution is 5.79. The Kier molecular flexibility index (Phi) is 9.06.